The lowest BCUT2D eigenvalue weighted by Crippen LogP contribution is -2.44. The van der Waals surface area contributed by atoms with Crippen LogP contribution in [0.2, 0.25) is 0 Å². The fraction of sp³-hybridized carbons (Fsp3) is 0.643. The second-order valence-electron chi connectivity index (χ2n) is 6.00. The maximum Gasteiger partial charge on any atom is 0.492 e. The second kappa shape index (κ2) is 7.65. The number of methoxy groups -OCH3 is 1. The zero-order valence-corrected chi connectivity index (χ0v) is 14.8. The predicted molar refractivity (Wildman–Crippen MR) is 89.3 cm³/mol. The molecular formula is C14H25BN2O4S. The van der Waals surface area contributed by atoms with Crippen LogP contribution in [0.1, 0.15) is 46.4 Å². The van der Waals surface area contributed by atoms with Crippen LogP contribution in [-0.4, -0.2) is 49.4 Å². The molecule has 2 atom stereocenters. The second-order valence-corrected chi connectivity index (χ2v) is 8.19. The van der Waals surface area contributed by atoms with Gasteiger partial charge in [-0.2, -0.15) is 0 Å². The Morgan fingerprint density at radius 2 is 2.05 bits per heavy atom. The highest BCUT2D eigenvalue weighted by Crippen LogP contribution is 2.28. The Hall–Kier alpha value is -0.795. The van der Waals surface area contributed by atoms with E-state index >= 15 is 0 Å². The molecule has 0 fully saturated rings. The molecule has 22 heavy (non-hydrogen) atoms. The molecule has 0 aliphatic heterocycles. The molecule has 0 saturated heterocycles. The van der Waals surface area contributed by atoms with Crippen molar-refractivity contribution >= 4 is 23.9 Å². The zero-order chi connectivity index (χ0) is 17.1. The van der Waals surface area contributed by atoms with Crippen LogP contribution < -0.4 is 10.2 Å². The third-order valence-corrected chi connectivity index (χ3v) is 5.37. The Kier molecular flexibility index (Phi) is 6.70. The first-order valence-electron chi connectivity index (χ1n) is 7.22. The lowest BCUT2D eigenvalue weighted by atomic mass is 9.79. The van der Waals surface area contributed by atoms with Crippen LogP contribution >= 0.6 is 0 Å². The van der Waals surface area contributed by atoms with E-state index in [9.17, 15) is 14.6 Å². The van der Waals surface area contributed by atoms with Gasteiger partial charge in [-0.3, -0.25) is 4.98 Å². The summed E-state index contributed by atoms with van der Waals surface area (Å²) in [6.45, 7) is 10.2. The number of aromatic nitrogens is 1. The van der Waals surface area contributed by atoms with E-state index in [0.29, 0.717) is 18.0 Å². The molecule has 1 aromatic heterocycles. The summed E-state index contributed by atoms with van der Waals surface area (Å²) < 4.78 is 19.2. The van der Waals surface area contributed by atoms with Crippen molar-refractivity contribution in [3.05, 3.63) is 18.0 Å². The fourth-order valence-corrected chi connectivity index (χ4v) is 3.44. The molecular weight excluding hydrogens is 303 g/mol. The van der Waals surface area contributed by atoms with Gasteiger partial charge in [-0.25, -0.2) is 0 Å². The lowest BCUT2D eigenvalue weighted by molar-refractivity contribution is 0.338. The number of nitrogens with zero attached hydrogens (tertiary/aromatic N) is 2. The molecule has 124 valence electrons. The molecule has 2 N–H and O–H groups in total. The average molecular weight is 328 g/mol. The van der Waals surface area contributed by atoms with Gasteiger partial charge >= 0.3 is 7.12 Å². The summed E-state index contributed by atoms with van der Waals surface area (Å²) in [6.07, 6.45) is 1.45. The number of hydrogen-bond acceptors (Lipinski definition) is 6. The van der Waals surface area contributed by atoms with E-state index in [1.54, 1.807) is 6.07 Å². The highest BCUT2D eigenvalue weighted by molar-refractivity contribution is 7.90. The van der Waals surface area contributed by atoms with Crippen molar-refractivity contribution in [1.82, 2.24) is 9.29 Å². The van der Waals surface area contributed by atoms with E-state index in [1.165, 1.54) is 13.3 Å². The predicted octanol–water partition coefficient (Wildman–Crippen LogP) is 0.615. The van der Waals surface area contributed by atoms with Crippen LogP contribution in [0, 0.1) is 0 Å². The van der Waals surface area contributed by atoms with E-state index < -0.39 is 18.5 Å². The van der Waals surface area contributed by atoms with Gasteiger partial charge in [0.2, 0.25) is 0 Å². The van der Waals surface area contributed by atoms with E-state index in [2.05, 4.69) is 4.98 Å². The Morgan fingerprint density at radius 1 is 1.45 bits per heavy atom. The number of pyridine rings is 1. The summed E-state index contributed by atoms with van der Waals surface area (Å²) in [7, 11) is -0.203. The maximum absolute atomic E-state index is 12.6. The van der Waals surface area contributed by atoms with Crippen molar-refractivity contribution in [2.75, 3.05) is 13.7 Å². The largest absolute Gasteiger partial charge is 0.597 e. The van der Waals surface area contributed by atoms with E-state index in [4.69, 9.17) is 4.74 Å². The van der Waals surface area contributed by atoms with Crippen molar-refractivity contribution in [2.24, 2.45) is 0 Å². The first kappa shape index (κ1) is 19.3. The molecule has 0 aromatic carbocycles. The molecule has 0 spiro atoms. The topological polar surface area (TPSA) is 88.9 Å². The van der Waals surface area contributed by atoms with Crippen LogP contribution in [-0.2, 0) is 11.4 Å². The van der Waals surface area contributed by atoms with Crippen molar-refractivity contribution in [3.8, 4) is 5.75 Å². The highest BCUT2D eigenvalue weighted by atomic mass is 32.2. The molecule has 0 amide bonds. The minimum Gasteiger partial charge on any atom is -0.597 e. The van der Waals surface area contributed by atoms with Crippen LogP contribution in [0.25, 0.3) is 0 Å². The van der Waals surface area contributed by atoms with Gasteiger partial charge < -0.3 is 19.3 Å². The minimum absolute atomic E-state index is 0.228. The fourth-order valence-electron chi connectivity index (χ4n) is 2.11. The van der Waals surface area contributed by atoms with Crippen molar-refractivity contribution in [2.45, 2.75) is 45.4 Å². The van der Waals surface area contributed by atoms with Crippen LogP contribution in [0.5, 0.6) is 5.75 Å². The Balaban J connectivity index is 3.15. The van der Waals surface area contributed by atoms with Crippen molar-refractivity contribution in [1.29, 1.82) is 0 Å². The summed E-state index contributed by atoms with van der Waals surface area (Å²) in [5.74, 6) is 0.311. The summed E-state index contributed by atoms with van der Waals surface area (Å²) in [6, 6.07) is 1.35. The number of rotatable bonds is 6. The van der Waals surface area contributed by atoms with Crippen LogP contribution in [0.3, 0.4) is 0 Å². The molecule has 0 unspecified atom stereocenters. The van der Waals surface area contributed by atoms with Gasteiger partial charge in [0.15, 0.2) is 0 Å². The molecule has 1 rings (SSSR count). The molecule has 0 saturated carbocycles. The normalized spacial score (nSPS) is 14.8. The zero-order valence-electron chi connectivity index (χ0n) is 14.0. The van der Waals surface area contributed by atoms with E-state index in [1.807, 2.05) is 38.9 Å². The first-order chi connectivity index (χ1) is 10.1. The summed E-state index contributed by atoms with van der Waals surface area (Å²) in [4.78, 5) is 4.30. The summed E-state index contributed by atoms with van der Waals surface area (Å²) >= 11 is -1.19. The third kappa shape index (κ3) is 4.36. The van der Waals surface area contributed by atoms with Crippen LogP contribution in [0.15, 0.2) is 12.3 Å². The van der Waals surface area contributed by atoms with Gasteiger partial charge in [-0.05, 0) is 40.7 Å². The van der Waals surface area contributed by atoms with E-state index in [-0.39, 0.29) is 16.3 Å². The highest BCUT2D eigenvalue weighted by Gasteiger charge is 2.36. The smallest absolute Gasteiger partial charge is 0.492 e. The van der Waals surface area contributed by atoms with Gasteiger partial charge in [0.1, 0.15) is 10.5 Å². The quantitative estimate of drug-likeness (QED) is 0.588. The van der Waals surface area contributed by atoms with Gasteiger partial charge in [0.25, 0.3) is 0 Å². The lowest BCUT2D eigenvalue weighted by Gasteiger charge is -2.35. The molecule has 1 heterocycles. The Bertz CT molecular complexity index is 496. The van der Waals surface area contributed by atoms with Crippen molar-refractivity contribution in [3.63, 3.8) is 0 Å². The molecule has 1 aromatic rings. The SMILES string of the molecule is CCN([C@H](C)c1cc(B(O)O)c(OC)cn1)[S@@+]([O-])C(C)(C)C. The minimum atomic E-state index is -1.65. The molecule has 6 nitrogen and oxygen atoms in total. The molecule has 0 radical (unpaired) electrons. The Morgan fingerprint density at radius 3 is 2.45 bits per heavy atom. The monoisotopic (exact) mass is 328 g/mol. The summed E-state index contributed by atoms with van der Waals surface area (Å²) in [5, 5.41) is 18.9. The number of hydrogen-bond donors (Lipinski definition) is 2. The third-order valence-electron chi connectivity index (χ3n) is 3.33. The molecule has 0 bridgehead atoms. The van der Waals surface area contributed by atoms with Crippen molar-refractivity contribution < 1.29 is 19.3 Å². The van der Waals surface area contributed by atoms with Gasteiger partial charge in [-0.15, -0.1) is 4.31 Å². The van der Waals surface area contributed by atoms with Gasteiger partial charge in [0, 0.05) is 23.4 Å². The van der Waals surface area contributed by atoms with E-state index in [0.717, 1.165) is 0 Å². The summed E-state index contributed by atoms with van der Waals surface area (Å²) in [5.41, 5.74) is 0.861. The number of ether oxygens (including phenoxy) is 1. The maximum atomic E-state index is 12.6. The molecule has 0 aliphatic rings. The van der Waals surface area contributed by atoms with Crippen LogP contribution in [0.4, 0.5) is 0 Å². The Labute approximate surface area is 136 Å². The standard InChI is InChI=1S/C14H25BN2O4S/c1-7-17(22(20)14(3,4)5)10(2)12-8-11(15(18)19)13(21-6)9-16-12/h8-10,18-19H,7H2,1-6H3/t10-,22+/m1/s1. The van der Waals surface area contributed by atoms with Gasteiger partial charge in [0.05, 0.1) is 25.0 Å². The molecule has 0 aliphatic carbocycles. The average Bonchev–Trinajstić information content (AvgIpc) is 2.45. The first-order valence-corrected chi connectivity index (χ1v) is 8.32. The van der Waals surface area contributed by atoms with Gasteiger partial charge in [-0.1, -0.05) is 0 Å². The molecule has 8 heteroatoms.